The highest BCUT2D eigenvalue weighted by Crippen LogP contribution is 2.22. The normalized spacial score (nSPS) is 11.3. The molecule has 1 aromatic rings. The van der Waals surface area contributed by atoms with Gasteiger partial charge in [-0.25, -0.2) is 9.97 Å². The zero-order chi connectivity index (χ0) is 14.4. The zero-order valence-electron chi connectivity index (χ0n) is 13.0. The van der Waals surface area contributed by atoms with Crippen molar-refractivity contribution in [1.82, 2.24) is 9.97 Å². The van der Waals surface area contributed by atoms with Crippen LogP contribution in [0.15, 0.2) is 6.33 Å². The molecule has 0 spiro atoms. The number of aromatic nitrogens is 2. The van der Waals surface area contributed by atoms with Crippen molar-refractivity contribution in [2.45, 2.75) is 47.5 Å². The predicted octanol–water partition coefficient (Wildman–Crippen LogP) is 3.27. The van der Waals surface area contributed by atoms with E-state index in [-0.39, 0.29) is 0 Å². The lowest BCUT2D eigenvalue weighted by Gasteiger charge is -2.27. The van der Waals surface area contributed by atoms with Crippen LogP contribution >= 0.6 is 0 Å². The fraction of sp³-hybridized carbons (Fsp3) is 0.733. The van der Waals surface area contributed by atoms with Gasteiger partial charge in [0.1, 0.15) is 18.0 Å². The lowest BCUT2D eigenvalue weighted by molar-refractivity contribution is 0.532. The fourth-order valence-corrected chi connectivity index (χ4v) is 1.92. The van der Waals surface area contributed by atoms with E-state index in [0.29, 0.717) is 17.7 Å². The third-order valence-corrected chi connectivity index (χ3v) is 3.35. The molecule has 2 N–H and O–H groups in total. The summed E-state index contributed by atoms with van der Waals surface area (Å²) < 4.78 is 0. The quantitative estimate of drug-likeness (QED) is 0.821. The van der Waals surface area contributed by atoms with Crippen LogP contribution in [0.4, 0.5) is 11.6 Å². The number of nitrogen functional groups attached to an aromatic ring is 1. The SMILES string of the molecule is Cc1c(N)ncnc1N(CCC(C)C)CCC(C)C. The molecule has 0 aliphatic rings. The van der Waals surface area contributed by atoms with E-state index in [1.807, 2.05) is 6.92 Å². The highest BCUT2D eigenvalue weighted by Gasteiger charge is 2.14. The molecular weight excluding hydrogens is 236 g/mol. The summed E-state index contributed by atoms with van der Waals surface area (Å²) in [6.07, 6.45) is 3.90. The number of nitrogens with zero attached hydrogens (tertiary/aromatic N) is 3. The lowest BCUT2D eigenvalue weighted by Crippen LogP contribution is -2.29. The van der Waals surface area contributed by atoms with E-state index in [1.54, 1.807) is 6.33 Å². The molecule has 0 fully saturated rings. The Hall–Kier alpha value is -1.32. The maximum atomic E-state index is 5.89. The molecular formula is C15H28N4. The summed E-state index contributed by atoms with van der Waals surface area (Å²) in [5, 5.41) is 0. The number of hydrogen-bond donors (Lipinski definition) is 1. The van der Waals surface area contributed by atoms with E-state index in [1.165, 1.54) is 12.8 Å². The lowest BCUT2D eigenvalue weighted by atomic mass is 10.1. The number of rotatable bonds is 7. The van der Waals surface area contributed by atoms with Gasteiger partial charge in [-0.1, -0.05) is 27.7 Å². The molecule has 1 aromatic heterocycles. The molecule has 19 heavy (non-hydrogen) atoms. The van der Waals surface area contributed by atoms with E-state index < -0.39 is 0 Å². The van der Waals surface area contributed by atoms with Crippen LogP contribution < -0.4 is 10.6 Å². The first kappa shape index (κ1) is 15.7. The standard InChI is InChI=1S/C15H28N4/c1-11(2)6-8-19(9-7-12(3)4)15-13(5)14(16)17-10-18-15/h10-12H,6-9H2,1-5H3,(H2,16,17,18). The molecule has 0 radical (unpaired) electrons. The monoisotopic (exact) mass is 264 g/mol. The predicted molar refractivity (Wildman–Crippen MR) is 82.3 cm³/mol. The van der Waals surface area contributed by atoms with Crippen LogP contribution in [0.5, 0.6) is 0 Å². The first-order chi connectivity index (χ1) is 8.91. The van der Waals surface area contributed by atoms with Gasteiger partial charge in [-0.05, 0) is 31.6 Å². The minimum atomic E-state index is 0.587. The second-order valence-electron chi connectivity index (χ2n) is 6.06. The van der Waals surface area contributed by atoms with Crippen molar-refractivity contribution in [3.05, 3.63) is 11.9 Å². The first-order valence-electron chi connectivity index (χ1n) is 7.23. The van der Waals surface area contributed by atoms with Gasteiger partial charge in [0.25, 0.3) is 0 Å². The van der Waals surface area contributed by atoms with Crippen LogP contribution in [0, 0.1) is 18.8 Å². The third-order valence-electron chi connectivity index (χ3n) is 3.35. The van der Waals surface area contributed by atoms with Crippen molar-refractivity contribution in [3.63, 3.8) is 0 Å². The van der Waals surface area contributed by atoms with E-state index in [9.17, 15) is 0 Å². The van der Waals surface area contributed by atoms with Crippen molar-refractivity contribution in [1.29, 1.82) is 0 Å². The average Bonchev–Trinajstić information content (AvgIpc) is 2.33. The van der Waals surface area contributed by atoms with Gasteiger partial charge in [0.15, 0.2) is 0 Å². The molecule has 0 aliphatic carbocycles. The van der Waals surface area contributed by atoms with Gasteiger partial charge in [0.2, 0.25) is 0 Å². The highest BCUT2D eigenvalue weighted by atomic mass is 15.2. The molecule has 108 valence electrons. The Morgan fingerprint density at radius 2 is 1.58 bits per heavy atom. The molecule has 4 heteroatoms. The van der Waals surface area contributed by atoms with Crippen LogP contribution in [0.2, 0.25) is 0 Å². The fourth-order valence-electron chi connectivity index (χ4n) is 1.92. The first-order valence-corrected chi connectivity index (χ1v) is 7.23. The summed E-state index contributed by atoms with van der Waals surface area (Å²) in [7, 11) is 0. The largest absolute Gasteiger partial charge is 0.383 e. The topological polar surface area (TPSA) is 55.0 Å². The Kier molecular flexibility index (Phi) is 6.06. The molecule has 0 aliphatic heterocycles. The Bertz CT molecular complexity index is 376. The third kappa shape index (κ3) is 5.05. The molecule has 4 nitrogen and oxygen atoms in total. The number of hydrogen-bond acceptors (Lipinski definition) is 4. The summed E-state index contributed by atoms with van der Waals surface area (Å²) in [6, 6.07) is 0. The second kappa shape index (κ2) is 7.31. The van der Waals surface area contributed by atoms with Crippen molar-refractivity contribution in [2.75, 3.05) is 23.7 Å². The van der Waals surface area contributed by atoms with Crippen molar-refractivity contribution in [3.8, 4) is 0 Å². The zero-order valence-corrected chi connectivity index (χ0v) is 13.0. The molecule has 1 heterocycles. The summed E-state index contributed by atoms with van der Waals surface area (Å²) >= 11 is 0. The molecule has 0 saturated carbocycles. The van der Waals surface area contributed by atoms with Gasteiger partial charge < -0.3 is 10.6 Å². The van der Waals surface area contributed by atoms with Crippen molar-refractivity contribution in [2.24, 2.45) is 11.8 Å². The van der Waals surface area contributed by atoms with E-state index >= 15 is 0 Å². The van der Waals surface area contributed by atoms with Crippen LogP contribution in [-0.4, -0.2) is 23.1 Å². The summed E-state index contributed by atoms with van der Waals surface area (Å²) in [5.41, 5.74) is 6.89. The smallest absolute Gasteiger partial charge is 0.137 e. The Morgan fingerprint density at radius 1 is 1.05 bits per heavy atom. The summed E-state index contributed by atoms with van der Waals surface area (Å²) in [4.78, 5) is 10.8. The average molecular weight is 264 g/mol. The maximum absolute atomic E-state index is 5.89. The van der Waals surface area contributed by atoms with Crippen LogP contribution in [0.1, 0.15) is 46.1 Å². The van der Waals surface area contributed by atoms with Gasteiger partial charge in [0, 0.05) is 18.7 Å². The van der Waals surface area contributed by atoms with Gasteiger partial charge in [-0.2, -0.15) is 0 Å². The molecule has 0 atom stereocenters. The Balaban J connectivity index is 2.84. The van der Waals surface area contributed by atoms with E-state index in [2.05, 4.69) is 42.6 Å². The van der Waals surface area contributed by atoms with Gasteiger partial charge >= 0.3 is 0 Å². The van der Waals surface area contributed by atoms with E-state index in [4.69, 9.17) is 5.73 Å². The maximum Gasteiger partial charge on any atom is 0.137 e. The highest BCUT2D eigenvalue weighted by molar-refractivity contribution is 5.55. The van der Waals surface area contributed by atoms with Gasteiger partial charge in [-0.15, -0.1) is 0 Å². The summed E-state index contributed by atoms with van der Waals surface area (Å²) in [6.45, 7) is 13.1. The molecule has 0 aromatic carbocycles. The molecule has 1 rings (SSSR count). The van der Waals surface area contributed by atoms with Crippen LogP contribution in [0.25, 0.3) is 0 Å². The minimum Gasteiger partial charge on any atom is -0.383 e. The molecule has 0 unspecified atom stereocenters. The number of anilines is 2. The van der Waals surface area contributed by atoms with E-state index in [0.717, 1.165) is 24.5 Å². The van der Waals surface area contributed by atoms with Crippen LogP contribution in [-0.2, 0) is 0 Å². The Morgan fingerprint density at radius 3 is 2.05 bits per heavy atom. The second-order valence-corrected chi connectivity index (χ2v) is 6.06. The number of nitrogens with two attached hydrogens (primary N) is 1. The molecule has 0 saturated heterocycles. The summed E-state index contributed by atoms with van der Waals surface area (Å²) in [5.74, 6) is 2.97. The van der Waals surface area contributed by atoms with Crippen LogP contribution in [0.3, 0.4) is 0 Å². The minimum absolute atomic E-state index is 0.587. The van der Waals surface area contributed by atoms with Gasteiger partial charge in [0.05, 0.1) is 0 Å². The van der Waals surface area contributed by atoms with Crippen molar-refractivity contribution < 1.29 is 0 Å². The van der Waals surface area contributed by atoms with Crippen molar-refractivity contribution >= 4 is 11.6 Å². The van der Waals surface area contributed by atoms with Gasteiger partial charge in [-0.3, -0.25) is 0 Å². The Labute approximate surface area is 117 Å². The molecule has 0 amide bonds. The molecule has 0 bridgehead atoms.